The van der Waals surface area contributed by atoms with Crippen LogP contribution in [0.5, 0.6) is 0 Å². The number of aliphatic hydroxyl groups is 1. The summed E-state index contributed by atoms with van der Waals surface area (Å²) in [6, 6.07) is 5.13. The summed E-state index contributed by atoms with van der Waals surface area (Å²) in [5.74, 6) is 7.06. The van der Waals surface area contributed by atoms with Crippen LogP contribution in [0, 0.1) is 29.5 Å². The van der Waals surface area contributed by atoms with E-state index >= 15 is 0 Å². The quantitative estimate of drug-likeness (QED) is 0.835. The van der Waals surface area contributed by atoms with Gasteiger partial charge in [0, 0.05) is 30.6 Å². The highest BCUT2D eigenvalue weighted by Crippen LogP contribution is 2.38. The largest absolute Gasteiger partial charge is 0.395 e. The van der Waals surface area contributed by atoms with Crippen molar-refractivity contribution in [2.75, 3.05) is 20.2 Å². The van der Waals surface area contributed by atoms with Gasteiger partial charge in [0.15, 0.2) is 0 Å². The van der Waals surface area contributed by atoms with E-state index in [-0.39, 0.29) is 12.4 Å². The van der Waals surface area contributed by atoms with Crippen LogP contribution in [0.1, 0.15) is 30.9 Å². The highest BCUT2D eigenvalue weighted by atomic mass is 19.1. The summed E-state index contributed by atoms with van der Waals surface area (Å²) >= 11 is 0. The van der Waals surface area contributed by atoms with Gasteiger partial charge in [0.1, 0.15) is 5.82 Å². The molecule has 2 atom stereocenters. The van der Waals surface area contributed by atoms with Gasteiger partial charge in [-0.25, -0.2) is 4.39 Å². The molecule has 1 aromatic rings. The van der Waals surface area contributed by atoms with E-state index in [0.29, 0.717) is 24.1 Å². The SMILES string of the molecule is CC1CC1CN(C)Cc1ccc(C#CCCO)cc1F. The summed E-state index contributed by atoms with van der Waals surface area (Å²) < 4.78 is 14.0. The number of nitrogens with zero attached hydrogens (tertiary/aromatic N) is 1. The fourth-order valence-electron chi connectivity index (χ4n) is 2.38. The van der Waals surface area contributed by atoms with Crippen molar-refractivity contribution in [3.8, 4) is 11.8 Å². The molecule has 0 heterocycles. The maximum absolute atomic E-state index is 14.0. The summed E-state index contributed by atoms with van der Waals surface area (Å²) in [4.78, 5) is 2.18. The van der Waals surface area contributed by atoms with Crippen molar-refractivity contribution in [3.63, 3.8) is 0 Å². The Labute approximate surface area is 120 Å². The lowest BCUT2D eigenvalue weighted by Crippen LogP contribution is -2.21. The molecular weight excluding hydrogens is 253 g/mol. The molecule has 0 aromatic heterocycles. The van der Waals surface area contributed by atoms with Crippen LogP contribution in [0.25, 0.3) is 0 Å². The third-order valence-corrected chi connectivity index (χ3v) is 3.79. The van der Waals surface area contributed by atoms with Crippen molar-refractivity contribution in [1.82, 2.24) is 4.90 Å². The number of hydrogen-bond acceptors (Lipinski definition) is 2. The predicted octanol–water partition coefficient (Wildman–Crippen LogP) is 2.65. The lowest BCUT2D eigenvalue weighted by molar-refractivity contribution is 0.303. The van der Waals surface area contributed by atoms with Crippen molar-refractivity contribution in [2.45, 2.75) is 26.3 Å². The highest BCUT2D eigenvalue weighted by molar-refractivity contribution is 5.37. The predicted molar refractivity (Wildman–Crippen MR) is 78.6 cm³/mol. The van der Waals surface area contributed by atoms with Gasteiger partial charge in [-0.15, -0.1) is 0 Å². The first-order chi connectivity index (χ1) is 9.60. The number of hydrogen-bond donors (Lipinski definition) is 1. The fourth-order valence-corrected chi connectivity index (χ4v) is 2.38. The minimum Gasteiger partial charge on any atom is -0.395 e. The van der Waals surface area contributed by atoms with Crippen LogP contribution in [0.4, 0.5) is 4.39 Å². The van der Waals surface area contributed by atoms with E-state index in [4.69, 9.17) is 5.11 Å². The molecular formula is C17H22FNO. The molecule has 1 N–H and O–H groups in total. The molecule has 1 aliphatic carbocycles. The molecule has 0 aliphatic heterocycles. The molecule has 1 aromatic carbocycles. The standard InChI is InChI=1S/C17H22FNO/c1-13-9-16(13)12-19(2)11-15-7-6-14(10-17(15)18)5-3-4-8-20/h6-7,10,13,16,20H,4,8-9,11-12H2,1-2H3. The summed E-state index contributed by atoms with van der Waals surface area (Å²) in [6.07, 6.45) is 1.72. The van der Waals surface area contributed by atoms with E-state index in [2.05, 4.69) is 23.7 Å². The number of rotatable bonds is 5. The smallest absolute Gasteiger partial charge is 0.128 e. The van der Waals surface area contributed by atoms with Crippen LogP contribution in [-0.2, 0) is 6.54 Å². The fraction of sp³-hybridized carbons (Fsp3) is 0.529. The van der Waals surface area contributed by atoms with Crippen LogP contribution in [0.2, 0.25) is 0 Å². The second-order valence-electron chi connectivity index (χ2n) is 5.75. The van der Waals surface area contributed by atoms with Crippen molar-refractivity contribution in [2.24, 2.45) is 11.8 Å². The van der Waals surface area contributed by atoms with Crippen LogP contribution in [-0.4, -0.2) is 30.2 Å². The lowest BCUT2D eigenvalue weighted by Gasteiger charge is -2.17. The van der Waals surface area contributed by atoms with E-state index < -0.39 is 0 Å². The molecule has 0 amide bonds. The Morgan fingerprint density at radius 3 is 2.80 bits per heavy atom. The van der Waals surface area contributed by atoms with Crippen molar-refractivity contribution in [1.29, 1.82) is 0 Å². The van der Waals surface area contributed by atoms with Gasteiger partial charge < -0.3 is 10.0 Å². The van der Waals surface area contributed by atoms with Gasteiger partial charge in [0.2, 0.25) is 0 Å². The second kappa shape index (κ2) is 6.88. The summed E-state index contributed by atoms with van der Waals surface area (Å²) in [6.45, 7) is 3.98. The molecule has 0 spiro atoms. The van der Waals surface area contributed by atoms with Gasteiger partial charge in [-0.2, -0.15) is 0 Å². The van der Waals surface area contributed by atoms with Gasteiger partial charge >= 0.3 is 0 Å². The lowest BCUT2D eigenvalue weighted by atomic mass is 10.1. The third kappa shape index (κ3) is 4.33. The Morgan fingerprint density at radius 2 is 2.20 bits per heavy atom. The first kappa shape index (κ1) is 15.0. The van der Waals surface area contributed by atoms with Gasteiger partial charge in [-0.3, -0.25) is 0 Å². The molecule has 3 heteroatoms. The van der Waals surface area contributed by atoms with Crippen molar-refractivity contribution < 1.29 is 9.50 Å². The highest BCUT2D eigenvalue weighted by Gasteiger charge is 2.33. The maximum atomic E-state index is 14.0. The topological polar surface area (TPSA) is 23.5 Å². The van der Waals surface area contributed by atoms with Gasteiger partial charge in [-0.1, -0.05) is 24.8 Å². The Balaban J connectivity index is 1.93. The molecule has 0 radical (unpaired) electrons. The molecule has 108 valence electrons. The van der Waals surface area contributed by atoms with E-state index in [1.54, 1.807) is 0 Å². The zero-order valence-corrected chi connectivity index (χ0v) is 12.2. The van der Waals surface area contributed by atoms with Gasteiger partial charge in [0.25, 0.3) is 0 Å². The Hall–Kier alpha value is -1.37. The molecule has 2 unspecified atom stereocenters. The minimum absolute atomic E-state index is 0.0396. The summed E-state index contributed by atoms with van der Waals surface area (Å²) in [5.41, 5.74) is 1.38. The second-order valence-corrected chi connectivity index (χ2v) is 5.75. The van der Waals surface area contributed by atoms with Gasteiger partial charge in [0.05, 0.1) is 6.61 Å². The number of halogens is 1. The third-order valence-electron chi connectivity index (χ3n) is 3.79. The van der Waals surface area contributed by atoms with E-state index in [1.807, 2.05) is 19.2 Å². The zero-order valence-electron chi connectivity index (χ0n) is 12.2. The van der Waals surface area contributed by atoms with Crippen LogP contribution in [0.15, 0.2) is 18.2 Å². The molecule has 1 aliphatic rings. The Morgan fingerprint density at radius 1 is 1.45 bits per heavy atom. The minimum atomic E-state index is -0.198. The van der Waals surface area contributed by atoms with Crippen LogP contribution >= 0.6 is 0 Å². The summed E-state index contributed by atoms with van der Waals surface area (Å²) in [7, 11) is 2.04. The molecule has 0 saturated heterocycles. The average molecular weight is 275 g/mol. The average Bonchev–Trinajstić information content (AvgIpc) is 3.08. The van der Waals surface area contributed by atoms with E-state index in [0.717, 1.165) is 18.4 Å². The van der Waals surface area contributed by atoms with Crippen molar-refractivity contribution in [3.05, 3.63) is 35.1 Å². The number of benzene rings is 1. The Kier molecular flexibility index (Phi) is 5.17. The Bertz CT molecular complexity index is 517. The maximum Gasteiger partial charge on any atom is 0.128 e. The zero-order chi connectivity index (χ0) is 14.5. The molecule has 1 fully saturated rings. The van der Waals surface area contributed by atoms with E-state index in [1.165, 1.54) is 12.5 Å². The molecule has 2 rings (SSSR count). The molecule has 1 saturated carbocycles. The van der Waals surface area contributed by atoms with Crippen molar-refractivity contribution >= 4 is 0 Å². The first-order valence-electron chi connectivity index (χ1n) is 7.17. The van der Waals surface area contributed by atoms with Gasteiger partial charge in [-0.05, 0) is 37.4 Å². The molecule has 0 bridgehead atoms. The molecule has 20 heavy (non-hydrogen) atoms. The monoisotopic (exact) mass is 275 g/mol. The first-order valence-corrected chi connectivity index (χ1v) is 7.17. The molecule has 2 nitrogen and oxygen atoms in total. The van der Waals surface area contributed by atoms with E-state index in [9.17, 15) is 4.39 Å². The number of aliphatic hydroxyl groups excluding tert-OH is 1. The van der Waals surface area contributed by atoms with Crippen LogP contribution in [0.3, 0.4) is 0 Å². The summed E-state index contributed by atoms with van der Waals surface area (Å²) in [5, 5.41) is 8.66. The normalized spacial score (nSPS) is 20.6. The van der Waals surface area contributed by atoms with Crippen LogP contribution < -0.4 is 0 Å².